The molecule has 164 valence electrons. The first-order valence-corrected chi connectivity index (χ1v) is 11.4. The van der Waals surface area contributed by atoms with Gasteiger partial charge in [-0.25, -0.2) is 4.39 Å². The third-order valence-corrected chi connectivity index (χ3v) is 7.11. The van der Waals surface area contributed by atoms with E-state index in [0.717, 1.165) is 49.5 Å². The molecule has 3 aromatic rings. The monoisotopic (exact) mass is 451 g/mol. The zero-order valence-corrected chi connectivity index (χ0v) is 18.4. The summed E-state index contributed by atoms with van der Waals surface area (Å²) in [7, 11) is 1.65. The predicted molar refractivity (Wildman–Crippen MR) is 119 cm³/mol. The van der Waals surface area contributed by atoms with Gasteiger partial charge in [-0.15, -0.1) is 0 Å². The van der Waals surface area contributed by atoms with Gasteiger partial charge in [0.25, 0.3) is 0 Å². The summed E-state index contributed by atoms with van der Waals surface area (Å²) in [4.78, 5) is 3.22. The first-order valence-electron chi connectivity index (χ1n) is 10.6. The summed E-state index contributed by atoms with van der Waals surface area (Å²) < 4.78 is 36.3. The van der Waals surface area contributed by atoms with E-state index in [1.165, 1.54) is 34.4 Å². The van der Waals surface area contributed by atoms with E-state index in [1.54, 1.807) is 13.2 Å². The maximum Gasteiger partial charge on any atom is 0.231 e. The Labute approximate surface area is 190 Å². The molecule has 0 bridgehead atoms. The first kappa shape index (κ1) is 19.8. The average Bonchev–Trinajstić information content (AvgIpc) is 3.27. The van der Waals surface area contributed by atoms with Crippen molar-refractivity contribution in [2.45, 2.75) is 30.3 Å². The molecule has 0 saturated carbocycles. The van der Waals surface area contributed by atoms with Crippen LogP contribution in [0.15, 0.2) is 53.4 Å². The molecule has 3 aliphatic rings. The summed E-state index contributed by atoms with van der Waals surface area (Å²) in [6.07, 6.45) is 1.89. The summed E-state index contributed by atoms with van der Waals surface area (Å²) in [5.74, 6) is 2.75. The Morgan fingerprint density at radius 1 is 1.00 bits per heavy atom. The van der Waals surface area contributed by atoms with E-state index in [0.29, 0.717) is 29.2 Å². The number of fused-ring (bicyclic) bond motifs is 5. The molecule has 1 atom stereocenters. The van der Waals surface area contributed by atoms with E-state index in [-0.39, 0.29) is 5.82 Å². The van der Waals surface area contributed by atoms with Crippen LogP contribution in [-0.4, -0.2) is 25.3 Å². The molecular weight excluding hydrogens is 429 g/mol. The molecule has 0 saturated heterocycles. The molecule has 6 rings (SSSR count). The molecule has 3 aromatic carbocycles. The smallest absolute Gasteiger partial charge is 0.231 e. The molecule has 7 heteroatoms. The number of benzene rings is 3. The predicted octanol–water partition coefficient (Wildman–Crippen LogP) is 5.30. The maximum atomic E-state index is 13.5. The van der Waals surface area contributed by atoms with Crippen LogP contribution in [0.3, 0.4) is 0 Å². The SMILES string of the molecule is COc1cc2c(cc1OSc1cccc(F)c1)CN1CCc3cc4c(cc3C1C2)OCO4. The van der Waals surface area contributed by atoms with Crippen LogP contribution < -0.4 is 18.4 Å². The van der Waals surface area contributed by atoms with Crippen molar-refractivity contribution >= 4 is 12.0 Å². The Morgan fingerprint density at radius 3 is 2.69 bits per heavy atom. The number of hydrogen-bond acceptors (Lipinski definition) is 6. The lowest BCUT2D eigenvalue weighted by Gasteiger charge is -2.41. The molecule has 3 aliphatic heterocycles. The highest BCUT2D eigenvalue weighted by Crippen LogP contribution is 2.45. The van der Waals surface area contributed by atoms with Crippen LogP contribution in [0.5, 0.6) is 23.0 Å². The molecule has 0 radical (unpaired) electrons. The summed E-state index contributed by atoms with van der Waals surface area (Å²) in [5, 5.41) is 0. The Kier molecular flexibility index (Phi) is 4.88. The Hall–Kier alpha value is -2.90. The summed E-state index contributed by atoms with van der Waals surface area (Å²) >= 11 is 1.13. The van der Waals surface area contributed by atoms with Gasteiger partial charge in [0.2, 0.25) is 6.79 Å². The van der Waals surface area contributed by atoms with Crippen molar-refractivity contribution in [1.82, 2.24) is 4.90 Å². The topological polar surface area (TPSA) is 40.2 Å². The van der Waals surface area contributed by atoms with Crippen LogP contribution in [0, 0.1) is 5.82 Å². The minimum absolute atomic E-state index is 0.282. The highest BCUT2D eigenvalue weighted by Gasteiger charge is 2.34. The summed E-state index contributed by atoms with van der Waals surface area (Å²) in [6, 6.07) is 15.1. The Morgan fingerprint density at radius 2 is 1.84 bits per heavy atom. The Bertz CT molecular complexity index is 1200. The van der Waals surface area contributed by atoms with Crippen molar-refractivity contribution in [3.8, 4) is 23.0 Å². The van der Waals surface area contributed by atoms with Crippen LogP contribution in [-0.2, 0) is 19.4 Å². The third kappa shape index (κ3) is 3.45. The molecule has 0 spiro atoms. The summed E-state index contributed by atoms with van der Waals surface area (Å²) in [5.41, 5.74) is 5.17. The lowest BCUT2D eigenvalue weighted by molar-refractivity contribution is 0.160. The van der Waals surface area contributed by atoms with Crippen molar-refractivity contribution in [2.24, 2.45) is 0 Å². The highest BCUT2D eigenvalue weighted by molar-refractivity contribution is 7.95. The molecule has 5 nitrogen and oxygen atoms in total. The number of rotatable bonds is 4. The van der Waals surface area contributed by atoms with Crippen LogP contribution in [0.25, 0.3) is 0 Å². The van der Waals surface area contributed by atoms with E-state index < -0.39 is 0 Å². The van der Waals surface area contributed by atoms with Crippen LogP contribution in [0.1, 0.15) is 28.3 Å². The van der Waals surface area contributed by atoms with Gasteiger partial charge in [0.1, 0.15) is 5.82 Å². The van der Waals surface area contributed by atoms with Gasteiger partial charge in [-0.1, -0.05) is 6.07 Å². The Balaban J connectivity index is 1.29. The van der Waals surface area contributed by atoms with Crippen molar-refractivity contribution in [3.05, 3.63) is 76.6 Å². The number of methoxy groups -OCH3 is 1. The van der Waals surface area contributed by atoms with E-state index in [2.05, 4.69) is 29.2 Å². The third-order valence-electron chi connectivity index (χ3n) is 6.40. The van der Waals surface area contributed by atoms with Crippen molar-refractivity contribution in [2.75, 3.05) is 20.4 Å². The number of hydrogen-bond donors (Lipinski definition) is 0. The molecule has 0 N–H and O–H groups in total. The molecule has 1 unspecified atom stereocenters. The fourth-order valence-corrected chi connectivity index (χ4v) is 5.43. The van der Waals surface area contributed by atoms with Gasteiger partial charge in [0, 0.05) is 19.1 Å². The van der Waals surface area contributed by atoms with Crippen LogP contribution in [0.2, 0.25) is 0 Å². The first-order chi connectivity index (χ1) is 15.7. The zero-order valence-electron chi connectivity index (χ0n) is 17.6. The number of ether oxygens (including phenoxy) is 3. The number of nitrogens with zero attached hydrogens (tertiary/aromatic N) is 1. The quantitative estimate of drug-likeness (QED) is 0.501. The van der Waals surface area contributed by atoms with E-state index in [1.807, 2.05) is 6.07 Å². The molecule has 0 aliphatic carbocycles. The molecule has 3 heterocycles. The van der Waals surface area contributed by atoms with Gasteiger partial charge >= 0.3 is 0 Å². The second-order valence-electron chi connectivity index (χ2n) is 8.24. The number of halogens is 1. The van der Waals surface area contributed by atoms with Gasteiger partial charge in [-0.05, 0) is 77.6 Å². The van der Waals surface area contributed by atoms with Gasteiger partial charge in [-0.3, -0.25) is 4.90 Å². The maximum absolute atomic E-state index is 13.5. The van der Waals surface area contributed by atoms with Gasteiger partial charge < -0.3 is 18.4 Å². The van der Waals surface area contributed by atoms with Crippen LogP contribution >= 0.6 is 12.0 Å². The van der Waals surface area contributed by atoms with Crippen molar-refractivity contribution < 1.29 is 22.8 Å². The van der Waals surface area contributed by atoms with Crippen molar-refractivity contribution in [3.63, 3.8) is 0 Å². The zero-order chi connectivity index (χ0) is 21.7. The average molecular weight is 452 g/mol. The van der Waals surface area contributed by atoms with E-state index in [4.69, 9.17) is 18.4 Å². The second kappa shape index (κ2) is 7.90. The lowest BCUT2D eigenvalue weighted by Crippen LogP contribution is -2.39. The van der Waals surface area contributed by atoms with Crippen molar-refractivity contribution in [1.29, 1.82) is 0 Å². The normalized spacial score (nSPS) is 18.5. The highest BCUT2D eigenvalue weighted by atomic mass is 32.2. The molecule has 0 fully saturated rings. The summed E-state index contributed by atoms with van der Waals surface area (Å²) in [6.45, 7) is 2.14. The minimum Gasteiger partial charge on any atom is -0.493 e. The van der Waals surface area contributed by atoms with Gasteiger partial charge in [0.15, 0.2) is 23.0 Å². The van der Waals surface area contributed by atoms with Gasteiger partial charge in [0.05, 0.1) is 24.0 Å². The fraction of sp³-hybridized carbons (Fsp3) is 0.280. The standard InChI is InChI=1S/C25H22FNO4S/c1-28-22-9-16-7-21-20-12-24-23(29-14-30-24)8-15(20)5-6-27(21)13-17(16)10-25(22)31-32-19-4-2-3-18(26)11-19/h2-4,8-12,21H,5-7,13-14H2,1H3. The molecule has 0 aromatic heterocycles. The molecular formula is C25H22FNO4S. The second-order valence-corrected chi connectivity index (χ2v) is 9.05. The molecule has 32 heavy (non-hydrogen) atoms. The minimum atomic E-state index is -0.282. The largest absolute Gasteiger partial charge is 0.493 e. The van der Waals surface area contributed by atoms with Crippen LogP contribution in [0.4, 0.5) is 4.39 Å². The fourth-order valence-electron chi connectivity index (χ4n) is 4.82. The van der Waals surface area contributed by atoms with E-state index >= 15 is 0 Å². The lowest BCUT2D eigenvalue weighted by atomic mass is 9.83. The van der Waals surface area contributed by atoms with E-state index in [9.17, 15) is 4.39 Å². The van der Waals surface area contributed by atoms with Gasteiger partial charge in [-0.2, -0.15) is 0 Å². The molecule has 0 amide bonds.